The summed E-state index contributed by atoms with van der Waals surface area (Å²) in [4.78, 5) is 0.883. The van der Waals surface area contributed by atoms with Gasteiger partial charge in [-0.3, -0.25) is 0 Å². The molecule has 1 atom stereocenters. The first kappa shape index (κ1) is 13.4. The SMILES string of the molecule is COc1ccc(C(O)c2cc(Br)cs2)cc1OC. The molecule has 0 aliphatic rings. The van der Waals surface area contributed by atoms with Crippen molar-refractivity contribution in [3.05, 3.63) is 44.6 Å². The summed E-state index contributed by atoms with van der Waals surface area (Å²) < 4.78 is 11.4. The van der Waals surface area contributed by atoms with Crippen molar-refractivity contribution in [3.63, 3.8) is 0 Å². The molecule has 0 saturated carbocycles. The molecule has 0 aliphatic heterocycles. The van der Waals surface area contributed by atoms with E-state index in [0.717, 1.165) is 14.9 Å². The first-order valence-corrected chi connectivity index (χ1v) is 6.97. The van der Waals surface area contributed by atoms with E-state index in [1.165, 1.54) is 11.3 Å². The van der Waals surface area contributed by atoms with Gasteiger partial charge in [0.05, 0.1) is 14.2 Å². The minimum absolute atomic E-state index is 0.615. The quantitative estimate of drug-likeness (QED) is 0.931. The molecule has 2 rings (SSSR count). The van der Waals surface area contributed by atoms with Crippen LogP contribution in [0.4, 0.5) is 0 Å². The zero-order valence-corrected chi connectivity index (χ0v) is 12.4. The van der Waals surface area contributed by atoms with Gasteiger partial charge in [-0.05, 0) is 39.7 Å². The standard InChI is InChI=1S/C13H13BrO3S/c1-16-10-4-3-8(5-11(10)17-2)13(15)12-6-9(14)7-18-12/h3-7,13,15H,1-2H3. The Morgan fingerprint density at radius 2 is 1.89 bits per heavy atom. The maximum atomic E-state index is 10.3. The minimum atomic E-state index is -0.652. The highest BCUT2D eigenvalue weighted by Gasteiger charge is 2.15. The number of hydrogen-bond acceptors (Lipinski definition) is 4. The van der Waals surface area contributed by atoms with Crippen LogP contribution in [0.15, 0.2) is 34.1 Å². The molecule has 0 spiro atoms. The number of ether oxygens (including phenoxy) is 2. The number of aliphatic hydroxyl groups excluding tert-OH is 1. The zero-order valence-electron chi connectivity index (χ0n) is 10.0. The van der Waals surface area contributed by atoms with Crippen LogP contribution in [0.3, 0.4) is 0 Å². The lowest BCUT2D eigenvalue weighted by atomic mass is 10.1. The zero-order chi connectivity index (χ0) is 13.1. The van der Waals surface area contributed by atoms with Crippen LogP contribution in [0.1, 0.15) is 16.5 Å². The summed E-state index contributed by atoms with van der Waals surface area (Å²) in [6.07, 6.45) is -0.652. The molecule has 0 bridgehead atoms. The van der Waals surface area contributed by atoms with Gasteiger partial charge in [0.15, 0.2) is 11.5 Å². The number of benzene rings is 1. The molecule has 0 aliphatic carbocycles. The van der Waals surface area contributed by atoms with E-state index >= 15 is 0 Å². The molecule has 3 nitrogen and oxygen atoms in total. The second-order valence-electron chi connectivity index (χ2n) is 3.68. The molecule has 1 aromatic heterocycles. The molecule has 1 heterocycles. The second-order valence-corrected chi connectivity index (χ2v) is 5.54. The van der Waals surface area contributed by atoms with Gasteiger partial charge in [-0.1, -0.05) is 6.07 Å². The summed E-state index contributed by atoms with van der Waals surface area (Å²) in [5.74, 6) is 1.27. The molecular weight excluding hydrogens is 316 g/mol. The molecular formula is C13H13BrO3S. The van der Waals surface area contributed by atoms with E-state index in [0.29, 0.717) is 11.5 Å². The third kappa shape index (κ3) is 2.68. The van der Waals surface area contributed by atoms with Crippen molar-refractivity contribution in [3.8, 4) is 11.5 Å². The normalized spacial score (nSPS) is 12.2. The Bertz CT molecular complexity index is 539. The molecule has 1 N–H and O–H groups in total. The van der Waals surface area contributed by atoms with Gasteiger partial charge in [-0.25, -0.2) is 0 Å². The van der Waals surface area contributed by atoms with Crippen molar-refractivity contribution in [2.75, 3.05) is 14.2 Å². The van der Waals surface area contributed by atoms with E-state index in [9.17, 15) is 5.11 Å². The van der Waals surface area contributed by atoms with Crippen LogP contribution in [0.25, 0.3) is 0 Å². The fraction of sp³-hybridized carbons (Fsp3) is 0.231. The highest BCUT2D eigenvalue weighted by Crippen LogP contribution is 2.34. The summed E-state index contributed by atoms with van der Waals surface area (Å²) in [6.45, 7) is 0. The van der Waals surface area contributed by atoms with Crippen molar-refractivity contribution in [1.29, 1.82) is 0 Å². The number of methoxy groups -OCH3 is 2. The van der Waals surface area contributed by atoms with E-state index in [1.807, 2.05) is 17.5 Å². The van der Waals surface area contributed by atoms with Gasteiger partial charge >= 0.3 is 0 Å². The summed E-state index contributed by atoms with van der Waals surface area (Å²) in [6, 6.07) is 7.32. The topological polar surface area (TPSA) is 38.7 Å². The van der Waals surface area contributed by atoms with E-state index < -0.39 is 6.10 Å². The largest absolute Gasteiger partial charge is 0.493 e. The maximum absolute atomic E-state index is 10.3. The summed E-state index contributed by atoms with van der Waals surface area (Å²) in [7, 11) is 3.17. The summed E-state index contributed by atoms with van der Waals surface area (Å²) in [5, 5.41) is 12.2. The highest BCUT2D eigenvalue weighted by molar-refractivity contribution is 9.10. The predicted octanol–water partition coefficient (Wildman–Crippen LogP) is 3.61. The lowest BCUT2D eigenvalue weighted by Crippen LogP contribution is -1.99. The number of halogens is 1. The Morgan fingerprint density at radius 3 is 2.44 bits per heavy atom. The van der Waals surface area contributed by atoms with Crippen molar-refractivity contribution >= 4 is 27.3 Å². The van der Waals surface area contributed by atoms with Crippen molar-refractivity contribution in [2.45, 2.75) is 6.10 Å². The first-order chi connectivity index (χ1) is 8.65. The molecule has 18 heavy (non-hydrogen) atoms. The van der Waals surface area contributed by atoms with Gasteiger partial charge in [0, 0.05) is 14.7 Å². The number of thiophene rings is 1. The highest BCUT2D eigenvalue weighted by atomic mass is 79.9. The molecule has 96 valence electrons. The third-order valence-electron chi connectivity index (χ3n) is 2.58. The van der Waals surface area contributed by atoms with Crippen LogP contribution >= 0.6 is 27.3 Å². The number of aliphatic hydroxyl groups is 1. The monoisotopic (exact) mass is 328 g/mol. The van der Waals surface area contributed by atoms with Crippen LogP contribution in [0.2, 0.25) is 0 Å². The van der Waals surface area contributed by atoms with Gasteiger partial charge in [0.25, 0.3) is 0 Å². The van der Waals surface area contributed by atoms with Crippen molar-refractivity contribution in [1.82, 2.24) is 0 Å². The van der Waals surface area contributed by atoms with Gasteiger partial charge in [0.2, 0.25) is 0 Å². The molecule has 1 aromatic carbocycles. The lowest BCUT2D eigenvalue weighted by Gasteiger charge is -2.13. The molecule has 5 heteroatoms. The first-order valence-electron chi connectivity index (χ1n) is 5.29. The Labute approximate surface area is 118 Å². The summed E-state index contributed by atoms with van der Waals surface area (Å²) >= 11 is 4.89. The van der Waals surface area contributed by atoms with Gasteiger partial charge in [-0.15, -0.1) is 11.3 Å². The fourth-order valence-corrected chi connectivity index (χ4v) is 3.11. The van der Waals surface area contributed by atoms with E-state index in [2.05, 4.69) is 15.9 Å². The molecule has 0 amide bonds. The van der Waals surface area contributed by atoms with E-state index in [-0.39, 0.29) is 0 Å². The molecule has 1 unspecified atom stereocenters. The Kier molecular flexibility index (Phi) is 4.27. The smallest absolute Gasteiger partial charge is 0.161 e. The Balaban J connectivity index is 2.33. The predicted molar refractivity (Wildman–Crippen MR) is 75.6 cm³/mol. The van der Waals surface area contributed by atoms with Gasteiger partial charge in [0.1, 0.15) is 6.10 Å². The van der Waals surface area contributed by atoms with Gasteiger partial charge < -0.3 is 14.6 Å². The summed E-state index contributed by atoms with van der Waals surface area (Å²) in [5.41, 5.74) is 0.780. The molecule has 0 radical (unpaired) electrons. The minimum Gasteiger partial charge on any atom is -0.493 e. The average molecular weight is 329 g/mol. The van der Waals surface area contributed by atoms with Crippen LogP contribution in [0.5, 0.6) is 11.5 Å². The van der Waals surface area contributed by atoms with E-state index in [1.54, 1.807) is 26.4 Å². The number of rotatable bonds is 4. The van der Waals surface area contributed by atoms with Crippen molar-refractivity contribution in [2.24, 2.45) is 0 Å². The average Bonchev–Trinajstić information content (AvgIpc) is 2.83. The maximum Gasteiger partial charge on any atom is 0.161 e. The lowest BCUT2D eigenvalue weighted by molar-refractivity contribution is 0.223. The van der Waals surface area contributed by atoms with Crippen LogP contribution < -0.4 is 9.47 Å². The van der Waals surface area contributed by atoms with Crippen LogP contribution in [-0.4, -0.2) is 19.3 Å². The Hall–Kier alpha value is -1.04. The van der Waals surface area contributed by atoms with Crippen LogP contribution in [0, 0.1) is 0 Å². The molecule has 0 saturated heterocycles. The van der Waals surface area contributed by atoms with Gasteiger partial charge in [-0.2, -0.15) is 0 Å². The van der Waals surface area contributed by atoms with Crippen molar-refractivity contribution < 1.29 is 14.6 Å². The fourth-order valence-electron chi connectivity index (χ4n) is 1.66. The molecule has 2 aromatic rings. The van der Waals surface area contributed by atoms with E-state index in [4.69, 9.17) is 9.47 Å². The number of hydrogen-bond donors (Lipinski definition) is 1. The molecule has 0 fully saturated rings. The third-order valence-corrected chi connectivity index (χ3v) is 4.33. The van der Waals surface area contributed by atoms with Crippen LogP contribution in [-0.2, 0) is 0 Å². The second kappa shape index (κ2) is 5.73. The Morgan fingerprint density at radius 1 is 1.17 bits per heavy atom.